The number of rotatable bonds is 3. The third-order valence-corrected chi connectivity index (χ3v) is 13.8. The van der Waals surface area contributed by atoms with Crippen LogP contribution in [0.4, 0.5) is 0 Å². The average molecular weight is 739 g/mol. The van der Waals surface area contributed by atoms with Gasteiger partial charge in [0.25, 0.3) is 0 Å². The largest absolute Gasteiger partial charge is 0.0616 e. The Labute approximate surface area is 340 Å². The second kappa shape index (κ2) is 11.9. The molecule has 0 saturated carbocycles. The smallest absolute Gasteiger partial charge is 0.0159 e. The lowest BCUT2D eigenvalue weighted by Gasteiger charge is -2.24. The Balaban J connectivity index is 0.977. The quantitative estimate of drug-likeness (QED) is 0.158. The summed E-state index contributed by atoms with van der Waals surface area (Å²) in [6.45, 7) is 9.61. The Morgan fingerprint density at radius 2 is 0.655 bits per heavy atom. The van der Waals surface area contributed by atoms with Crippen molar-refractivity contribution in [2.75, 3.05) is 0 Å². The summed E-state index contributed by atoms with van der Waals surface area (Å²) < 4.78 is 0. The minimum Gasteiger partial charge on any atom is -0.0616 e. The van der Waals surface area contributed by atoms with E-state index in [0.717, 1.165) is 0 Å². The molecule has 2 aliphatic carbocycles. The summed E-state index contributed by atoms with van der Waals surface area (Å²) in [5.74, 6) is 0. The van der Waals surface area contributed by atoms with Crippen LogP contribution in [-0.2, 0) is 10.8 Å². The van der Waals surface area contributed by atoms with Gasteiger partial charge in [-0.3, -0.25) is 0 Å². The van der Waals surface area contributed by atoms with E-state index in [-0.39, 0.29) is 10.8 Å². The molecule has 0 fully saturated rings. The zero-order valence-corrected chi connectivity index (χ0v) is 33.3. The third kappa shape index (κ3) is 4.58. The van der Waals surface area contributed by atoms with Gasteiger partial charge in [-0.1, -0.05) is 185 Å². The molecule has 0 N–H and O–H groups in total. The Morgan fingerprint density at radius 1 is 0.259 bits per heavy atom. The normalized spacial score (nSPS) is 14.5. The summed E-state index contributed by atoms with van der Waals surface area (Å²) in [5.41, 5.74) is 18.5. The van der Waals surface area contributed by atoms with E-state index in [4.69, 9.17) is 0 Å². The lowest BCUT2D eigenvalue weighted by atomic mass is 9.79. The minimum atomic E-state index is -0.168. The highest BCUT2D eigenvalue weighted by molar-refractivity contribution is 6.22. The molecule has 12 rings (SSSR count). The van der Waals surface area contributed by atoms with E-state index in [9.17, 15) is 0 Å². The van der Waals surface area contributed by atoms with Crippen LogP contribution >= 0.6 is 0 Å². The Hall–Kier alpha value is -6.76. The molecule has 2 aliphatic rings. The van der Waals surface area contributed by atoms with Crippen molar-refractivity contribution < 1.29 is 0 Å². The van der Waals surface area contributed by atoms with Crippen molar-refractivity contribution in [3.05, 3.63) is 204 Å². The van der Waals surface area contributed by atoms with Gasteiger partial charge in [-0.05, 0) is 145 Å². The predicted molar refractivity (Wildman–Crippen MR) is 248 cm³/mol. The van der Waals surface area contributed by atoms with Crippen LogP contribution in [0.15, 0.2) is 182 Å². The lowest BCUT2D eigenvalue weighted by molar-refractivity contribution is 0.660. The van der Waals surface area contributed by atoms with Gasteiger partial charge in [0.2, 0.25) is 0 Å². The highest BCUT2D eigenvalue weighted by Gasteiger charge is 2.38. The maximum absolute atomic E-state index is 2.50. The molecule has 0 heterocycles. The fourth-order valence-corrected chi connectivity index (χ4v) is 10.9. The lowest BCUT2D eigenvalue weighted by Crippen LogP contribution is -2.15. The van der Waals surface area contributed by atoms with Gasteiger partial charge in [-0.15, -0.1) is 0 Å². The van der Waals surface area contributed by atoms with Crippen LogP contribution in [0.25, 0.3) is 98.7 Å². The first-order valence-corrected chi connectivity index (χ1v) is 20.7. The molecule has 10 aromatic rings. The van der Waals surface area contributed by atoms with Crippen molar-refractivity contribution in [1.29, 1.82) is 0 Å². The summed E-state index contributed by atoms with van der Waals surface area (Å²) in [4.78, 5) is 0. The molecular weight excluding hydrogens is 697 g/mol. The molecule has 0 bridgehead atoms. The number of hydrogen-bond acceptors (Lipinski definition) is 0. The van der Waals surface area contributed by atoms with Crippen LogP contribution in [0.1, 0.15) is 49.9 Å². The van der Waals surface area contributed by atoms with Crippen molar-refractivity contribution in [2.24, 2.45) is 0 Å². The number of fused-ring (bicyclic) bond motifs is 11. The summed E-state index contributed by atoms with van der Waals surface area (Å²) in [6.07, 6.45) is 0. The van der Waals surface area contributed by atoms with Gasteiger partial charge in [0.1, 0.15) is 0 Å². The molecule has 0 amide bonds. The maximum atomic E-state index is 2.50. The van der Waals surface area contributed by atoms with Gasteiger partial charge < -0.3 is 0 Å². The van der Waals surface area contributed by atoms with E-state index in [1.807, 2.05) is 0 Å². The third-order valence-electron chi connectivity index (χ3n) is 13.8. The van der Waals surface area contributed by atoms with Crippen molar-refractivity contribution in [1.82, 2.24) is 0 Å². The predicted octanol–water partition coefficient (Wildman–Crippen LogP) is 15.9. The molecule has 0 aliphatic heterocycles. The Bertz CT molecular complexity index is 3330. The topological polar surface area (TPSA) is 0 Å². The summed E-state index contributed by atoms with van der Waals surface area (Å²) in [7, 11) is 0. The van der Waals surface area contributed by atoms with Crippen LogP contribution < -0.4 is 0 Å². The van der Waals surface area contributed by atoms with Crippen LogP contribution in [-0.4, -0.2) is 0 Å². The summed E-state index contributed by atoms with van der Waals surface area (Å²) in [6, 6.07) is 68.7. The van der Waals surface area contributed by atoms with Gasteiger partial charge in [-0.25, -0.2) is 0 Å². The second-order valence-corrected chi connectivity index (χ2v) is 17.6. The molecule has 0 heteroatoms. The fraction of sp³-hybridized carbons (Fsp3) is 0.103. The van der Waals surface area contributed by atoms with Crippen molar-refractivity contribution in [3.63, 3.8) is 0 Å². The first-order valence-electron chi connectivity index (χ1n) is 20.7. The zero-order chi connectivity index (χ0) is 38.9. The van der Waals surface area contributed by atoms with Crippen molar-refractivity contribution >= 4 is 43.1 Å². The summed E-state index contributed by atoms with van der Waals surface area (Å²) in [5, 5.41) is 10.3. The molecule has 58 heavy (non-hydrogen) atoms. The van der Waals surface area contributed by atoms with Crippen LogP contribution in [0.3, 0.4) is 0 Å². The average Bonchev–Trinajstić information content (AvgIpc) is 3.63. The molecule has 0 spiro atoms. The van der Waals surface area contributed by atoms with Gasteiger partial charge >= 0.3 is 0 Å². The van der Waals surface area contributed by atoms with Gasteiger partial charge in [0.05, 0.1) is 0 Å². The van der Waals surface area contributed by atoms with E-state index >= 15 is 0 Å². The van der Waals surface area contributed by atoms with Crippen LogP contribution in [0, 0.1) is 0 Å². The molecule has 0 nitrogen and oxygen atoms in total. The number of benzene rings is 10. The monoisotopic (exact) mass is 738 g/mol. The second-order valence-electron chi connectivity index (χ2n) is 17.6. The van der Waals surface area contributed by atoms with Crippen LogP contribution in [0.5, 0.6) is 0 Å². The molecular formula is C58H42. The minimum absolute atomic E-state index is 0.0740. The summed E-state index contributed by atoms with van der Waals surface area (Å²) >= 11 is 0. The van der Waals surface area contributed by atoms with Crippen molar-refractivity contribution in [3.8, 4) is 55.6 Å². The number of hydrogen-bond donors (Lipinski definition) is 0. The van der Waals surface area contributed by atoms with E-state index in [1.54, 1.807) is 0 Å². The molecule has 0 saturated heterocycles. The highest BCUT2D eigenvalue weighted by Crippen LogP contribution is 2.54. The first-order chi connectivity index (χ1) is 28.3. The first kappa shape index (κ1) is 33.4. The van der Waals surface area contributed by atoms with Gasteiger partial charge in [0.15, 0.2) is 0 Å². The molecule has 274 valence electrons. The molecule has 0 aromatic heterocycles. The van der Waals surface area contributed by atoms with Crippen LogP contribution in [0.2, 0.25) is 0 Å². The van der Waals surface area contributed by atoms with E-state index < -0.39 is 0 Å². The SMILES string of the molecule is CC1(C)c2cc(-c3ccc4c(c3)C(C)(C)c3ccc5ccccc5c3-4)ccc2-c2ccc(-c3c4ccccc4c(-c4ccc5ccccc5c4)c4ccccc34)cc21. The fourth-order valence-electron chi connectivity index (χ4n) is 10.9. The zero-order valence-electron chi connectivity index (χ0n) is 33.3. The van der Waals surface area contributed by atoms with Crippen molar-refractivity contribution in [2.45, 2.75) is 38.5 Å². The standard InChI is InChI=1S/C58H42/c1-57(2)50-30-26-36-14-7-8-16-42(36)56(50)49-29-24-39(33-53(49)57)38-23-27-43-44-28-25-41(34-52(44)58(3,4)51(43)32-38)55-47-19-11-9-17-45(47)54(46-18-10-12-20-48(46)55)40-22-21-35-13-5-6-15-37(35)31-40/h5-34H,1-4H3. The molecule has 0 unspecified atom stereocenters. The van der Waals surface area contributed by atoms with E-state index in [1.165, 1.54) is 121 Å². The molecule has 0 atom stereocenters. The molecule has 0 radical (unpaired) electrons. The highest BCUT2D eigenvalue weighted by atomic mass is 14.4. The Kier molecular flexibility index (Phi) is 6.84. The Morgan fingerprint density at radius 3 is 1.26 bits per heavy atom. The van der Waals surface area contributed by atoms with E-state index in [0.29, 0.717) is 0 Å². The van der Waals surface area contributed by atoms with Gasteiger partial charge in [-0.2, -0.15) is 0 Å². The molecule has 10 aromatic carbocycles. The maximum Gasteiger partial charge on any atom is 0.0159 e. The van der Waals surface area contributed by atoms with E-state index in [2.05, 4.69) is 210 Å². The van der Waals surface area contributed by atoms with Gasteiger partial charge in [0, 0.05) is 10.8 Å².